The Kier molecular flexibility index (Phi) is 6.31. The number of Topliss-reactive ketones (excluding diaryl/α,β-unsaturated/α-hetero) is 1. The maximum atomic E-state index is 13.1. The monoisotopic (exact) mass is 383 g/mol. The molecule has 2 rings (SSSR count). The molecule has 8 heteroatoms. The Morgan fingerprint density at radius 3 is 2.68 bits per heavy atom. The number of hydrogen-bond acceptors (Lipinski definition) is 5. The molecule has 1 aromatic carbocycles. The zero-order chi connectivity index (χ0) is 18.6. The van der Waals surface area contributed by atoms with Gasteiger partial charge >= 0.3 is 0 Å². The smallest absolute Gasteiger partial charge is 0.243 e. The van der Waals surface area contributed by atoms with Crippen molar-refractivity contribution in [2.45, 2.75) is 24.3 Å². The molecule has 0 saturated heterocycles. The number of halogens is 1. The molecule has 5 nitrogen and oxygen atoms in total. The minimum atomic E-state index is -3.84. The van der Waals surface area contributed by atoms with Crippen LogP contribution >= 0.6 is 11.8 Å². The third-order valence-corrected chi connectivity index (χ3v) is 6.43. The normalized spacial score (nSPS) is 17.4. The van der Waals surface area contributed by atoms with Crippen LogP contribution in [0.15, 0.2) is 53.2 Å². The maximum Gasteiger partial charge on any atom is 0.243 e. The van der Waals surface area contributed by atoms with Gasteiger partial charge in [0, 0.05) is 25.6 Å². The van der Waals surface area contributed by atoms with Gasteiger partial charge in [0.25, 0.3) is 0 Å². The summed E-state index contributed by atoms with van der Waals surface area (Å²) in [5.41, 5.74) is 0.230. The molecule has 0 N–H and O–H groups in total. The van der Waals surface area contributed by atoms with E-state index in [1.165, 1.54) is 56.5 Å². The number of carbonyl (C=O) groups is 2. The van der Waals surface area contributed by atoms with Crippen LogP contribution in [0.4, 0.5) is 4.39 Å². The van der Waals surface area contributed by atoms with Gasteiger partial charge in [0.2, 0.25) is 10.0 Å². The van der Waals surface area contributed by atoms with Gasteiger partial charge < -0.3 is 0 Å². The summed E-state index contributed by atoms with van der Waals surface area (Å²) in [6, 6.07) is 5.22. The van der Waals surface area contributed by atoms with Gasteiger partial charge in [-0.15, -0.1) is 0 Å². The van der Waals surface area contributed by atoms with Gasteiger partial charge in [-0.05, 0) is 30.7 Å². The second kappa shape index (κ2) is 8.07. The third kappa shape index (κ3) is 4.87. The number of thioether (sulfide) groups is 1. The van der Waals surface area contributed by atoms with E-state index in [2.05, 4.69) is 0 Å². The van der Waals surface area contributed by atoms with Crippen molar-refractivity contribution in [3.05, 3.63) is 53.9 Å². The van der Waals surface area contributed by atoms with E-state index >= 15 is 0 Å². The fourth-order valence-electron chi connectivity index (χ4n) is 2.28. The van der Waals surface area contributed by atoms with Crippen LogP contribution in [-0.4, -0.2) is 42.5 Å². The predicted octanol–water partition coefficient (Wildman–Crippen LogP) is 2.95. The zero-order valence-electron chi connectivity index (χ0n) is 13.8. The highest BCUT2D eigenvalue weighted by Crippen LogP contribution is 2.23. The highest BCUT2D eigenvalue weighted by atomic mass is 32.2. The fraction of sp³-hybridized carbons (Fsp3) is 0.294. The van der Waals surface area contributed by atoms with Crippen molar-refractivity contribution in [1.82, 2.24) is 4.31 Å². The van der Waals surface area contributed by atoms with Crippen molar-refractivity contribution in [3.63, 3.8) is 0 Å². The van der Waals surface area contributed by atoms with E-state index in [4.69, 9.17) is 0 Å². The van der Waals surface area contributed by atoms with Gasteiger partial charge in [0.15, 0.2) is 10.9 Å². The SMILES string of the molecule is CC(=O)SCC(=O)c1cccc(S(=O)(=O)N(C)C2C=CC(F)=CC2)c1. The Morgan fingerprint density at radius 1 is 1.36 bits per heavy atom. The molecule has 0 amide bonds. The van der Waals surface area contributed by atoms with E-state index in [9.17, 15) is 22.4 Å². The maximum absolute atomic E-state index is 13.1. The summed E-state index contributed by atoms with van der Waals surface area (Å²) in [5.74, 6) is -0.746. The van der Waals surface area contributed by atoms with Crippen molar-refractivity contribution in [3.8, 4) is 0 Å². The van der Waals surface area contributed by atoms with Crippen LogP contribution < -0.4 is 0 Å². The minimum Gasteiger partial charge on any atom is -0.293 e. The number of rotatable bonds is 6. The molecule has 0 radical (unpaired) electrons. The average molecular weight is 383 g/mol. The lowest BCUT2D eigenvalue weighted by molar-refractivity contribution is -0.109. The number of sulfonamides is 1. The Balaban J connectivity index is 2.22. The molecule has 1 aliphatic rings. The number of hydrogen-bond donors (Lipinski definition) is 0. The van der Waals surface area contributed by atoms with Gasteiger partial charge in [-0.3, -0.25) is 9.59 Å². The summed E-state index contributed by atoms with van der Waals surface area (Å²) in [5, 5.41) is -0.179. The topological polar surface area (TPSA) is 71.5 Å². The molecule has 0 heterocycles. The van der Waals surface area contributed by atoms with E-state index in [0.717, 1.165) is 16.1 Å². The average Bonchev–Trinajstić information content (AvgIpc) is 2.59. The van der Waals surface area contributed by atoms with E-state index in [1.54, 1.807) is 0 Å². The highest BCUT2D eigenvalue weighted by molar-refractivity contribution is 8.14. The summed E-state index contributed by atoms with van der Waals surface area (Å²) < 4.78 is 39.7. The summed E-state index contributed by atoms with van der Waals surface area (Å²) in [7, 11) is -2.42. The van der Waals surface area contributed by atoms with Gasteiger partial charge in [0.05, 0.1) is 10.6 Å². The minimum absolute atomic E-state index is 0.0166. The molecule has 1 atom stereocenters. The molecule has 1 unspecified atom stereocenters. The molecule has 1 aliphatic carbocycles. The van der Waals surface area contributed by atoms with Crippen molar-refractivity contribution in [2.75, 3.05) is 12.8 Å². The number of likely N-dealkylation sites (N-methyl/N-ethyl adjacent to an activating group) is 1. The van der Waals surface area contributed by atoms with Crippen molar-refractivity contribution < 1.29 is 22.4 Å². The Bertz CT molecular complexity index is 846. The molecule has 0 spiro atoms. The first-order chi connectivity index (χ1) is 11.7. The molecule has 0 aromatic heterocycles. The standard InChI is InChI=1S/C17H18FNO4S2/c1-12(20)24-11-17(21)13-4-3-5-16(10-13)25(22,23)19(2)15-8-6-14(18)7-9-15/h3-8,10,15H,9,11H2,1-2H3. The van der Waals surface area contributed by atoms with Crippen LogP contribution in [0.5, 0.6) is 0 Å². The predicted molar refractivity (Wildman–Crippen MR) is 95.6 cm³/mol. The molecular weight excluding hydrogens is 365 g/mol. The van der Waals surface area contributed by atoms with Crippen LogP contribution in [0.2, 0.25) is 0 Å². The summed E-state index contributed by atoms with van der Waals surface area (Å²) >= 11 is 0.877. The molecule has 1 aromatic rings. The largest absolute Gasteiger partial charge is 0.293 e. The van der Waals surface area contributed by atoms with E-state index < -0.39 is 21.9 Å². The van der Waals surface area contributed by atoms with Gasteiger partial charge in [-0.2, -0.15) is 4.31 Å². The number of benzene rings is 1. The van der Waals surface area contributed by atoms with Crippen LogP contribution in [0.25, 0.3) is 0 Å². The second-order valence-electron chi connectivity index (χ2n) is 5.50. The van der Waals surface area contributed by atoms with Crippen LogP contribution in [0.3, 0.4) is 0 Å². The zero-order valence-corrected chi connectivity index (χ0v) is 15.4. The molecule has 25 heavy (non-hydrogen) atoms. The van der Waals surface area contributed by atoms with Gasteiger partial charge in [-0.25, -0.2) is 12.8 Å². The molecule has 134 valence electrons. The lowest BCUT2D eigenvalue weighted by Crippen LogP contribution is -2.36. The lowest BCUT2D eigenvalue weighted by Gasteiger charge is -2.25. The van der Waals surface area contributed by atoms with Crippen LogP contribution in [0, 0.1) is 0 Å². The van der Waals surface area contributed by atoms with Gasteiger partial charge in [-0.1, -0.05) is 30.0 Å². The molecule has 0 saturated carbocycles. The van der Waals surface area contributed by atoms with E-state index in [1.807, 2.05) is 0 Å². The number of allylic oxidation sites excluding steroid dienone is 2. The first kappa shape index (κ1) is 19.6. The molecule has 0 bridgehead atoms. The highest BCUT2D eigenvalue weighted by Gasteiger charge is 2.27. The van der Waals surface area contributed by atoms with Crippen molar-refractivity contribution in [1.29, 1.82) is 0 Å². The summed E-state index contributed by atoms with van der Waals surface area (Å²) in [6.07, 6.45) is 4.30. The number of ketones is 1. The fourth-order valence-corrected chi connectivity index (χ4v) is 4.15. The third-order valence-electron chi connectivity index (χ3n) is 3.74. The first-order valence-corrected chi connectivity index (χ1v) is 9.93. The Hall–Kier alpha value is -1.77. The lowest BCUT2D eigenvalue weighted by atomic mass is 10.1. The molecule has 0 aliphatic heterocycles. The van der Waals surface area contributed by atoms with Gasteiger partial charge in [0.1, 0.15) is 5.83 Å². The van der Waals surface area contributed by atoms with E-state index in [-0.39, 0.29) is 33.5 Å². The van der Waals surface area contributed by atoms with Crippen LogP contribution in [-0.2, 0) is 14.8 Å². The molecule has 0 fully saturated rings. The van der Waals surface area contributed by atoms with E-state index in [0.29, 0.717) is 0 Å². The molecular formula is C17H18FNO4S2. The second-order valence-corrected chi connectivity index (χ2v) is 8.65. The van der Waals surface area contributed by atoms with Crippen molar-refractivity contribution in [2.24, 2.45) is 0 Å². The van der Waals surface area contributed by atoms with Crippen molar-refractivity contribution >= 4 is 32.7 Å². The Morgan fingerprint density at radius 2 is 2.08 bits per heavy atom. The number of nitrogens with zero attached hydrogens (tertiary/aromatic N) is 1. The quantitative estimate of drug-likeness (QED) is 0.707. The number of carbonyl (C=O) groups excluding carboxylic acids is 2. The summed E-state index contributed by atoms with van der Waals surface area (Å²) in [6.45, 7) is 1.36. The first-order valence-electron chi connectivity index (χ1n) is 7.50. The summed E-state index contributed by atoms with van der Waals surface area (Å²) in [4.78, 5) is 23.0. The Labute approximate surface area is 150 Å². The van der Waals surface area contributed by atoms with Crippen LogP contribution in [0.1, 0.15) is 23.7 Å².